The minimum atomic E-state index is 0.554. The third-order valence-corrected chi connectivity index (χ3v) is 3.77. The molecule has 3 rings (SSSR count). The highest BCUT2D eigenvalue weighted by Crippen LogP contribution is 2.24. The van der Waals surface area contributed by atoms with Crippen LogP contribution in [0.3, 0.4) is 0 Å². The molecule has 1 aliphatic heterocycles. The fourth-order valence-electron chi connectivity index (χ4n) is 2.54. The van der Waals surface area contributed by atoms with Crippen molar-refractivity contribution in [3.8, 4) is 0 Å². The Morgan fingerprint density at radius 2 is 2.16 bits per heavy atom. The van der Waals surface area contributed by atoms with Gasteiger partial charge in [0.1, 0.15) is 5.82 Å². The summed E-state index contributed by atoms with van der Waals surface area (Å²) in [6, 6.07) is 10.4. The van der Waals surface area contributed by atoms with E-state index in [1.54, 1.807) is 0 Å². The van der Waals surface area contributed by atoms with Crippen LogP contribution in [-0.2, 0) is 6.54 Å². The lowest BCUT2D eigenvalue weighted by molar-refractivity contribution is 0.776. The van der Waals surface area contributed by atoms with Gasteiger partial charge in [0.2, 0.25) is 0 Å². The van der Waals surface area contributed by atoms with Crippen molar-refractivity contribution in [2.75, 3.05) is 18.0 Å². The van der Waals surface area contributed by atoms with Gasteiger partial charge < -0.3 is 10.6 Å². The van der Waals surface area contributed by atoms with Gasteiger partial charge in [-0.05, 0) is 31.0 Å². The smallest absolute Gasteiger partial charge is 0.129 e. The lowest BCUT2D eigenvalue weighted by atomic mass is 10.1. The molecule has 0 unspecified atom stereocenters. The Balaban J connectivity index is 2.05. The molecule has 1 aliphatic rings. The Bertz CT molecular complexity index is 631. The predicted octanol–water partition coefficient (Wildman–Crippen LogP) is 2.85. The van der Waals surface area contributed by atoms with E-state index in [0.29, 0.717) is 6.54 Å². The summed E-state index contributed by atoms with van der Waals surface area (Å²) in [7, 11) is 0. The molecule has 0 aliphatic carbocycles. The number of benzene rings is 1. The number of para-hydroxylation sites is 1. The van der Waals surface area contributed by atoms with Gasteiger partial charge in [0.05, 0.1) is 5.52 Å². The average molecular weight is 253 g/mol. The highest BCUT2D eigenvalue weighted by Gasteiger charge is 2.13. The SMILES string of the molecule is CC1=CCN(c2cc(CN)c3ccccc3n2)CC1. The van der Waals surface area contributed by atoms with Crippen LogP contribution in [0.5, 0.6) is 0 Å². The van der Waals surface area contributed by atoms with Crippen LogP contribution < -0.4 is 10.6 Å². The molecule has 2 N–H and O–H groups in total. The largest absolute Gasteiger partial charge is 0.353 e. The Morgan fingerprint density at radius 1 is 1.32 bits per heavy atom. The van der Waals surface area contributed by atoms with Gasteiger partial charge in [0.15, 0.2) is 0 Å². The van der Waals surface area contributed by atoms with Crippen LogP contribution in [0.1, 0.15) is 18.9 Å². The average Bonchev–Trinajstić information content (AvgIpc) is 2.47. The van der Waals surface area contributed by atoms with E-state index in [9.17, 15) is 0 Å². The Kier molecular flexibility index (Phi) is 3.22. The standard InChI is InChI=1S/C16H19N3/c1-12-6-8-19(9-7-12)16-10-13(11-17)14-4-2-3-5-15(14)18-16/h2-6,10H,7-9,11,17H2,1H3. The summed E-state index contributed by atoms with van der Waals surface area (Å²) in [6.45, 7) is 4.73. The van der Waals surface area contributed by atoms with E-state index >= 15 is 0 Å². The first kappa shape index (κ1) is 12.2. The molecule has 1 aromatic heterocycles. The van der Waals surface area contributed by atoms with E-state index in [1.807, 2.05) is 12.1 Å². The maximum atomic E-state index is 5.88. The molecule has 3 nitrogen and oxygen atoms in total. The molecule has 1 aromatic carbocycles. The maximum absolute atomic E-state index is 5.88. The summed E-state index contributed by atoms with van der Waals surface area (Å²) in [5, 5.41) is 1.16. The fraction of sp³-hybridized carbons (Fsp3) is 0.312. The summed E-state index contributed by atoms with van der Waals surface area (Å²) in [5.41, 5.74) is 9.55. The molecular weight excluding hydrogens is 234 g/mol. The normalized spacial score (nSPS) is 15.7. The highest BCUT2D eigenvalue weighted by molar-refractivity contribution is 5.84. The number of nitrogens with zero attached hydrogens (tertiary/aromatic N) is 2. The number of nitrogens with two attached hydrogens (primary N) is 1. The monoisotopic (exact) mass is 253 g/mol. The molecule has 2 aromatic rings. The molecule has 0 amide bonds. The van der Waals surface area contributed by atoms with Gasteiger partial charge in [0.25, 0.3) is 0 Å². The molecule has 0 saturated carbocycles. The number of aromatic nitrogens is 1. The second kappa shape index (κ2) is 5.02. The van der Waals surface area contributed by atoms with Crippen LogP contribution in [0, 0.1) is 0 Å². The molecule has 2 heterocycles. The zero-order valence-corrected chi connectivity index (χ0v) is 11.3. The number of hydrogen-bond donors (Lipinski definition) is 1. The molecule has 0 fully saturated rings. The first-order valence-electron chi connectivity index (χ1n) is 6.77. The first-order valence-corrected chi connectivity index (χ1v) is 6.77. The highest BCUT2D eigenvalue weighted by atomic mass is 15.2. The van der Waals surface area contributed by atoms with E-state index in [1.165, 1.54) is 11.1 Å². The van der Waals surface area contributed by atoms with Crippen LogP contribution in [0.4, 0.5) is 5.82 Å². The Hall–Kier alpha value is -1.87. The van der Waals surface area contributed by atoms with Crippen LogP contribution in [0.2, 0.25) is 0 Å². The van der Waals surface area contributed by atoms with Crippen molar-refractivity contribution in [2.45, 2.75) is 19.9 Å². The molecule has 98 valence electrons. The topological polar surface area (TPSA) is 42.1 Å². The van der Waals surface area contributed by atoms with Gasteiger partial charge in [-0.2, -0.15) is 0 Å². The van der Waals surface area contributed by atoms with Crippen molar-refractivity contribution in [3.63, 3.8) is 0 Å². The van der Waals surface area contributed by atoms with Gasteiger partial charge in [-0.25, -0.2) is 4.98 Å². The van der Waals surface area contributed by atoms with Crippen LogP contribution in [-0.4, -0.2) is 18.1 Å². The molecular formula is C16H19N3. The Labute approximate surface area is 113 Å². The van der Waals surface area contributed by atoms with Gasteiger partial charge in [-0.15, -0.1) is 0 Å². The van der Waals surface area contributed by atoms with Gasteiger partial charge in [-0.1, -0.05) is 29.8 Å². The molecule has 0 saturated heterocycles. The number of anilines is 1. The maximum Gasteiger partial charge on any atom is 0.129 e. The number of hydrogen-bond acceptors (Lipinski definition) is 3. The minimum absolute atomic E-state index is 0.554. The number of pyridine rings is 1. The second-order valence-electron chi connectivity index (χ2n) is 5.11. The summed E-state index contributed by atoms with van der Waals surface area (Å²) < 4.78 is 0. The predicted molar refractivity (Wildman–Crippen MR) is 80.2 cm³/mol. The van der Waals surface area contributed by atoms with E-state index in [-0.39, 0.29) is 0 Å². The van der Waals surface area contributed by atoms with E-state index in [2.05, 4.69) is 36.1 Å². The van der Waals surface area contributed by atoms with Crippen molar-refractivity contribution < 1.29 is 0 Å². The quantitative estimate of drug-likeness (QED) is 0.837. The Morgan fingerprint density at radius 3 is 2.89 bits per heavy atom. The van der Waals surface area contributed by atoms with Gasteiger partial charge >= 0.3 is 0 Å². The van der Waals surface area contributed by atoms with Crippen molar-refractivity contribution in [1.29, 1.82) is 0 Å². The van der Waals surface area contributed by atoms with Gasteiger partial charge in [-0.3, -0.25) is 0 Å². The number of fused-ring (bicyclic) bond motifs is 1. The molecule has 0 bridgehead atoms. The zero-order valence-electron chi connectivity index (χ0n) is 11.3. The summed E-state index contributed by atoms with van der Waals surface area (Å²) in [4.78, 5) is 7.09. The van der Waals surface area contributed by atoms with Crippen molar-refractivity contribution in [3.05, 3.63) is 47.5 Å². The van der Waals surface area contributed by atoms with Crippen LogP contribution in [0.15, 0.2) is 42.0 Å². The second-order valence-corrected chi connectivity index (χ2v) is 5.11. The van der Waals surface area contributed by atoms with Crippen LogP contribution in [0.25, 0.3) is 10.9 Å². The lowest BCUT2D eigenvalue weighted by Gasteiger charge is -2.27. The van der Waals surface area contributed by atoms with E-state index in [0.717, 1.165) is 36.2 Å². The van der Waals surface area contributed by atoms with Crippen molar-refractivity contribution >= 4 is 16.7 Å². The third kappa shape index (κ3) is 2.34. The first-order chi connectivity index (χ1) is 9.28. The summed E-state index contributed by atoms with van der Waals surface area (Å²) in [5.74, 6) is 1.04. The molecule has 0 spiro atoms. The minimum Gasteiger partial charge on any atom is -0.353 e. The fourth-order valence-corrected chi connectivity index (χ4v) is 2.54. The van der Waals surface area contributed by atoms with E-state index in [4.69, 9.17) is 10.7 Å². The molecule has 0 atom stereocenters. The molecule has 19 heavy (non-hydrogen) atoms. The third-order valence-electron chi connectivity index (χ3n) is 3.77. The number of rotatable bonds is 2. The summed E-state index contributed by atoms with van der Waals surface area (Å²) >= 11 is 0. The molecule has 3 heteroatoms. The summed E-state index contributed by atoms with van der Waals surface area (Å²) in [6.07, 6.45) is 3.40. The van der Waals surface area contributed by atoms with Crippen LogP contribution >= 0.6 is 0 Å². The zero-order chi connectivity index (χ0) is 13.2. The lowest BCUT2D eigenvalue weighted by Crippen LogP contribution is -2.29. The van der Waals surface area contributed by atoms with Crippen molar-refractivity contribution in [2.24, 2.45) is 5.73 Å². The van der Waals surface area contributed by atoms with Gasteiger partial charge in [0, 0.05) is 25.0 Å². The molecule has 0 radical (unpaired) electrons. The van der Waals surface area contributed by atoms with E-state index < -0.39 is 0 Å². The van der Waals surface area contributed by atoms with Crippen molar-refractivity contribution in [1.82, 2.24) is 4.98 Å².